The van der Waals surface area contributed by atoms with Crippen LogP contribution in [0.25, 0.3) is 0 Å². The molecule has 1 fully saturated rings. The van der Waals surface area contributed by atoms with Gasteiger partial charge in [0.05, 0.1) is 13.2 Å². The molecule has 2 heterocycles. The summed E-state index contributed by atoms with van der Waals surface area (Å²) in [5.74, 6) is -4.13. The van der Waals surface area contributed by atoms with E-state index in [4.69, 9.17) is 9.47 Å². The molecule has 1 aromatic rings. The number of carbonyl (C=O) groups is 2. The minimum atomic E-state index is -3.92. The number of nitrogens with zero attached hydrogens (tertiary/aromatic N) is 2. The Bertz CT molecular complexity index is 863. The molecule has 1 aliphatic rings. The molecule has 2 N–H and O–H groups in total. The first-order valence-electron chi connectivity index (χ1n) is 9.86. The maximum Gasteiger partial charge on any atom is 0.509 e. The van der Waals surface area contributed by atoms with Crippen LogP contribution in [0, 0.1) is 0 Å². The molecule has 2 rings (SSSR count). The molecule has 0 bridgehead atoms. The van der Waals surface area contributed by atoms with Crippen LogP contribution in [0.4, 0.5) is 24.2 Å². The molecule has 1 aromatic heterocycles. The van der Waals surface area contributed by atoms with Crippen molar-refractivity contribution in [2.24, 2.45) is 0 Å². The Hall–Kier alpha value is -3.06. The first-order valence-corrected chi connectivity index (χ1v) is 9.86. The van der Waals surface area contributed by atoms with Gasteiger partial charge in [-0.25, -0.2) is 14.4 Å². The van der Waals surface area contributed by atoms with E-state index >= 15 is 0 Å². The first kappa shape index (κ1) is 25.2. The SMILES string of the molecule is C=CCOC(=O)O[C@@H]1[C@@H](CO)O[C@@H](n2ccc(NC(=O)OCCCCC)nc2=O)C1(F)F. The van der Waals surface area contributed by atoms with Gasteiger partial charge in [0.25, 0.3) is 0 Å². The van der Waals surface area contributed by atoms with Crippen molar-refractivity contribution in [1.82, 2.24) is 9.55 Å². The quantitative estimate of drug-likeness (QED) is 0.305. The van der Waals surface area contributed by atoms with E-state index in [1.54, 1.807) is 0 Å². The second-order valence-corrected chi connectivity index (χ2v) is 6.74. The molecule has 178 valence electrons. The van der Waals surface area contributed by atoms with Crippen molar-refractivity contribution in [1.29, 1.82) is 0 Å². The summed E-state index contributed by atoms with van der Waals surface area (Å²) in [5.41, 5.74) is -1.18. The zero-order valence-corrected chi connectivity index (χ0v) is 17.4. The second kappa shape index (κ2) is 11.5. The number of halogens is 2. The molecule has 0 radical (unpaired) electrons. The van der Waals surface area contributed by atoms with Gasteiger partial charge in [-0.15, -0.1) is 0 Å². The highest BCUT2D eigenvalue weighted by molar-refractivity contribution is 5.83. The van der Waals surface area contributed by atoms with Crippen molar-refractivity contribution in [3.63, 3.8) is 0 Å². The van der Waals surface area contributed by atoms with Crippen LogP contribution in [0.2, 0.25) is 0 Å². The van der Waals surface area contributed by atoms with Gasteiger partial charge in [0, 0.05) is 6.20 Å². The topological polar surface area (TPSA) is 138 Å². The van der Waals surface area contributed by atoms with Gasteiger partial charge in [-0.1, -0.05) is 32.4 Å². The molecule has 13 heteroatoms. The van der Waals surface area contributed by atoms with Gasteiger partial charge in [-0.05, 0) is 12.5 Å². The van der Waals surface area contributed by atoms with Crippen LogP contribution in [0.5, 0.6) is 0 Å². The normalized spacial score (nSPS) is 21.6. The smallest absolute Gasteiger partial charge is 0.449 e. The number of rotatable bonds is 10. The number of carbonyl (C=O) groups excluding carboxylic acids is 2. The molecule has 32 heavy (non-hydrogen) atoms. The van der Waals surface area contributed by atoms with E-state index in [9.17, 15) is 28.3 Å². The van der Waals surface area contributed by atoms with Gasteiger partial charge < -0.3 is 24.1 Å². The zero-order valence-electron chi connectivity index (χ0n) is 17.4. The number of alkyl halides is 2. The predicted octanol–water partition coefficient (Wildman–Crippen LogP) is 2.21. The van der Waals surface area contributed by atoms with Crippen molar-refractivity contribution in [2.45, 2.75) is 50.5 Å². The molecule has 3 atom stereocenters. The summed E-state index contributed by atoms with van der Waals surface area (Å²) < 4.78 is 49.4. The Labute approximate surface area is 181 Å². The van der Waals surface area contributed by atoms with Gasteiger partial charge >= 0.3 is 23.9 Å². The van der Waals surface area contributed by atoms with Crippen LogP contribution in [0.1, 0.15) is 32.4 Å². The standard InChI is InChI=1S/C19H25F2N3O8/c1-3-5-6-10-29-17(27)23-13-7-8-24(16(26)22-13)15-19(20,21)14(12(11-25)31-15)32-18(28)30-9-4-2/h4,7-8,12,14-15,25H,2-3,5-6,9-11H2,1H3,(H,22,23,26,27)/t12-,14-,15-/m1/s1. The summed E-state index contributed by atoms with van der Waals surface area (Å²) in [4.78, 5) is 39.1. The molecule has 1 amide bonds. The van der Waals surface area contributed by atoms with Crippen molar-refractivity contribution >= 4 is 18.1 Å². The molecule has 0 spiro atoms. The van der Waals surface area contributed by atoms with Crippen molar-refractivity contribution < 1.29 is 42.4 Å². The number of hydrogen-bond donors (Lipinski definition) is 2. The van der Waals surface area contributed by atoms with Crippen LogP contribution >= 0.6 is 0 Å². The number of amides is 1. The minimum absolute atomic E-state index is 0.179. The number of aliphatic hydroxyl groups is 1. The summed E-state index contributed by atoms with van der Waals surface area (Å²) in [5, 5.41) is 11.6. The zero-order chi connectivity index (χ0) is 23.7. The number of aliphatic hydroxyl groups excluding tert-OH is 1. The Kier molecular flexibility index (Phi) is 9.08. The second-order valence-electron chi connectivity index (χ2n) is 6.74. The van der Waals surface area contributed by atoms with Crippen LogP contribution in [0.15, 0.2) is 29.7 Å². The monoisotopic (exact) mass is 461 g/mol. The van der Waals surface area contributed by atoms with Gasteiger partial charge in [-0.2, -0.15) is 13.8 Å². The van der Waals surface area contributed by atoms with Crippen LogP contribution < -0.4 is 11.0 Å². The number of aromatic nitrogens is 2. The Balaban J connectivity index is 2.11. The third-order valence-electron chi connectivity index (χ3n) is 4.37. The van der Waals surface area contributed by atoms with E-state index < -0.39 is 48.9 Å². The summed E-state index contributed by atoms with van der Waals surface area (Å²) >= 11 is 0. The van der Waals surface area contributed by atoms with Crippen LogP contribution in [0.3, 0.4) is 0 Å². The van der Waals surface area contributed by atoms with Crippen LogP contribution in [-0.4, -0.2) is 64.9 Å². The average Bonchev–Trinajstić information content (AvgIpc) is 2.99. The van der Waals surface area contributed by atoms with Crippen molar-refractivity contribution in [3.8, 4) is 0 Å². The minimum Gasteiger partial charge on any atom is -0.449 e. The van der Waals surface area contributed by atoms with E-state index in [-0.39, 0.29) is 19.0 Å². The average molecular weight is 461 g/mol. The fourth-order valence-electron chi connectivity index (χ4n) is 2.84. The molecule has 0 aliphatic carbocycles. The first-order chi connectivity index (χ1) is 15.2. The van der Waals surface area contributed by atoms with E-state index in [0.29, 0.717) is 11.0 Å². The molecular formula is C19H25F2N3O8. The van der Waals surface area contributed by atoms with E-state index in [1.807, 2.05) is 6.92 Å². The number of anilines is 1. The summed E-state index contributed by atoms with van der Waals surface area (Å²) in [6, 6.07) is 1.09. The van der Waals surface area contributed by atoms with Gasteiger partial charge in [0.2, 0.25) is 12.3 Å². The Morgan fingerprint density at radius 2 is 2.16 bits per heavy atom. The third-order valence-corrected chi connectivity index (χ3v) is 4.37. The maximum atomic E-state index is 14.9. The third kappa shape index (κ3) is 6.23. The van der Waals surface area contributed by atoms with Gasteiger partial charge in [-0.3, -0.25) is 9.88 Å². The highest BCUT2D eigenvalue weighted by atomic mass is 19.3. The molecule has 11 nitrogen and oxygen atoms in total. The van der Waals surface area contributed by atoms with Gasteiger partial charge in [0.15, 0.2) is 0 Å². The van der Waals surface area contributed by atoms with E-state index in [1.165, 1.54) is 6.08 Å². The Morgan fingerprint density at radius 3 is 2.78 bits per heavy atom. The number of unbranched alkanes of at least 4 members (excludes halogenated alkanes) is 2. The Morgan fingerprint density at radius 1 is 1.41 bits per heavy atom. The maximum absolute atomic E-state index is 14.9. The summed E-state index contributed by atoms with van der Waals surface area (Å²) in [6.07, 6.45) is -3.73. The van der Waals surface area contributed by atoms with Crippen LogP contribution in [-0.2, 0) is 18.9 Å². The van der Waals surface area contributed by atoms with Gasteiger partial charge in [0.1, 0.15) is 18.5 Å². The largest absolute Gasteiger partial charge is 0.509 e. The van der Waals surface area contributed by atoms with Crippen molar-refractivity contribution in [3.05, 3.63) is 35.4 Å². The lowest BCUT2D eigenvalue weighted by Crippen LogP contribution is -2.44. The number of ether oxygens (including phenoxy) is 4. The highest BCUT2D eigenvalue weighted by Crippen LogP contribution is 2.43. The van der Waals surface area contributed by atoms with E-state index in [0.717, 1.165) is 25.1 Å². The lowest BCUT2D eigenvalue weighted by Gasteiger charge is -2.23. The summed E-state index contributed by atoms with van der Waals surface area (Å²) in [6.45, 7) is 4.28. The molecule has 1 saturated heterocycles. The molecule has 0 unspecified atom stereocenters. The predicted molar refractivity (Wildman–Crippen MR) is 105 cm³/mol. The summed E-state index contributed by atoms with van der Waals surface area (Å²) in [7, 11) is 0. The lowest BCUT2D eigenvalue weighted by atomic mass is 10.1. The fraction of sp³-hybridized carbons (Fsp3) is 0.579. The lowest BCUT2D eigenvalue weighted by molar-refractivity contribution is -0.146. The van der Waals surface area contributed by atoms with Crippen molar-refractivity contribution in [2.75, 3.05) is 25.1 Å². The number of hydrogen-bond acceptors (Lipinski definition) is 9. The number of nitrogens with one attached hydrogen (secondary N) is 1. The fourth-order valence-corrected chi connectivity index (χ4v) is 2.84. The van der Waals surface area contributed by atoms with E-state index in [2.05, 4.69) is 26.4 Å². The molecular weight excluding hydrogens is 436 g/mol. The molecule has 1 aliphatic heterocycles. The molecule has 0 aromatic carbocycles. The molecule has 0 saturated carbocycles. The highest BCUT2D eigenvalue weighted by Gasteiger charge is 2.62.